The van der Waals surface area contributed by atoms with Crippen LogP contribution >= 0.6 is 0 Å². The molecule has 2 aromatic rings. The van der Waals surface area contributed by atoms with E-state index in [0.717, 1.165) is 12.8 Å². The molecular weight excluding hydrogens is 278 g/mol. The molecule has 22 heavy (non-hydrogen) atoms. The lowest BCUT2D eigenvalue weighted by Gasteiger charge is -2.29. The van der Waals surface area contributed by atoms with Crippen molar-refractivity contribution < 1.29 is 4.79 Å². The fourth-order valence-corrected chi connectivity index (χ4v) is 2.99. The highest BCUT2D eigenvalue weighted by Gasteiger charge is 2.41. The predicted octanol–water partition coefficient (Wildman–Crippen LogP) is 2.07. The molecular formula is C16H19N5O. The summed E-state index contributed by atoms with van der Waals surface area (Å²) in [5.74, 6) is 1.42. The first-order chi connectivity index (χ1) is 10.7. The van der Waals surface area contributed by atoms with Crippen LogP contribution in [0.3, 0.4) is 0 Å². The van der Waals surface area contributed by atoms with Gasteiger partial charge in [-0.05, 0) is 50.7 Å². The maximum atomic E-state index is 13.0. The van der Waals surface area contributed by atoms with Gasteiger partial charge in [-0.25, -0.2) is 14.6 Å². The van der Waals surface area contributed by atoms with Crippen LogP contribution in [0.25, 0.3) is 5.82 Å². The minimum Gasteiger partial charge on any atom is -0.333 e. The van der Waals surface area contributed by atoms with Crippen molar-refractivity contribution in [2.75, 3.05) is 0 Å². The highest BCUT2D eigenvalue weighted by molar-refractivity contribution is 5.95. The topological polar surface area (TPSA) is 63.9 Å². The van der Waals surface area contributed by atoms with Crippen molar-refractivity contribution in [2.45, 2.75) is 44.7 Å². The Labute approximate surface area is 129 Å². The Kier molecular flexibility index (Phi) is 3.17. The maximum absolute atomic E-state index is 13.0. The minimum atomic E-state index is 0.116. The first kappa shape index (κ1) is 13.4. The lowest BCUT2D eigenvalue weighted by atomic mass is 10.1. The van der Waals surface area contributed by atoms with Gasteiger partial charge in [-0.3, -0.25) is 4.79 Å². The zero-order valence-corrected chi connectivity index (χ0v) is 12.6. The Hall–Kier alpha value is -2.24. The summed E-state index contributed by atoms with van der Waals surface area (Å²) in [4.78, 5) is 23.3. The van der Waals surface area contributed by atoms with E-state index in [1.54, 1.807) is 29.3 Å². The van der Waals surface area contributed by atoms with Gasteiger partial charge in [0.05, 0.1) is 0 Å². The Morgan fingerprint density at radius 2 is 2.18 bits per heavy atom. The molecule has 2 aromatic heterocycles. The second-order valence-corrected chi connectivity index (χ2v) is 6.26. The largest absolute Gasteiger partial charge is 0.333 e. The van der Waals surface area contributed by atoms with Crippen LogP contribution in [-0.2, 0) is 0 Å². The van der Waals surface area contributed by atoms with Crippen LogP contribution < -0.4 is 0 Å². The molecule has 2 saturated carbocycles. The molecule has 6 nitrogen and oxygen atoms in total. The van der Waals surface area contributed by atoms with E-state index in [4.69, 9.17) is 0 Å². The number of pyridine rings is 1. The number of rotatable bonds is 5. The molecule has 0 saturated heterocycles. The van der Waals surface area contributed by atoms with E-state index in [1.165, 1.54) is 19.2 Å². The minimum absolute atomic E-state index is 0.116. The maximum Gasteiger partial charge on any atom is 0.254 e. The van der Waals surface area contributed by atoms with Crippen molar-refractivity contribution >= 4 is 5.91 Å². The molecule has 1 unspecified atom stereocenters. The van der Waals surface area contributed by atoms with Crippen molar-refractivity contribution in [2.24, 2.45) is 5.92 Å². The molecule has 2 heterocycles. The van der Waals surface area contributed by atoms with E-state index in [9.17, 15) is 4.79 Å². The molecule has 0 spiro atoms. The van der Waals surface area contributed by atoms with Crippen LogP contribution in [0.5, 0.6) is 0 Å². The fraction of sp³-hybridized carbons (Fsp3) is 0.500. The van der Waals surface area contributed by atoms with Gasteiger partial charge in [0.15, 0.2) is 5.82 Å². The van der Waals surface area contributed by atoms with Crippen molar-refractivity contribution in [3.8, 4) is 5.82 Å². The molecule has 0 bridgehead atoms. The van der Waals surface area contributed by atoms with Gasteiger partial charge >= 0.3 is 0 Å². The van der Waals surface area contributed by atoms with Gasteiger partial charge in [-0.15, -0.1) is 0 Å². The van der Waals surface area contributed by atoms with Crippen molar-refractivity contribution in [3.05, 3.63) is 36.5 Å². The van der Waals surface area contributed by atoms with Gasteiger partial charge in [-0.2, -0.15) is 5.10 Å². The zero-order valence-electron chi connectivity index (χ0n) is 12.6. The summed E-state index contributed by atoms with van der Waals surface area (Å²) < 4.78 is 1.57. The molecule has 2 fully saturated rings. The molecule has 0 aromatic carbocycles. The lowest BCUT2D eigenvalue weighted by molar-refractivity contribution is 0.0654. The molecule has 2 aliphatic rings. The number of carbonyl (C=O) groups excluding carboxylic acids is 1. The van der Waals surface area contributed by atoms with E-state index in [0.29, 0.717) is 29.4 Å². The van der Waals surface area contributed by atoms with Gasteiger partial charge in [0.25, 0.3) is 5.91 Å². The third kappa shape index (κ3) is 2.49. The average Bonchev–Trinajstić information content (AvgIpc) is 3.47. The number of amides is 1. The fourth-order valence-electron chi connectivity index (χ4n) is 2.99. The summed E-state index contributed by atoms with van der Waals surface area (Å²) in [6, 6.07) is 4.35. The first-order valence-electron chi connectivity index (χ1n) is 7.88. The van der Waals surface area contributed by atoms with Crippen molar-refractivity contribution in [1.82, 2.24) is 24.6 Å². The van der Waals surface area contributed by atoms with Crippen LogP contribution in [0.1, 0.15) is 43.0 Å². The van der Waals surface area contributed by atoms with Crippen LogP contribution in [0.2, 0.25) is 0 Å². The van der Waals surface area contributed by atoms with Crippen molar-refractivity contribution in [3.63, 3.8) is 0 Å². The molecule has 1 amide bonds. The van der Waals surface area contributed by atoms with Gasteiger partial charge in [0, 0.05) is 23.8 Å². The number of hydrogen-bond acceptors (Lipinski definition) is 4. The molecule has 2 aliphatic carbocycles. The lowest BCUT2D eigenvalue weighted by Crippen LogP contribution is -2.41. The molecule has 0 N–H and O–H groups in total. The number of hydrogen-bond donors (Lipinski definition) is 0. The molecule has 4 rings (SSSR count). The molecule has 1 atom stereocenters. The van der Waals surface area contributed by atoms with Crippen molar-refractivity contribution in [1.29, 1.82) is 0 Å². The summed E-state index contributed by atoms with van der Waals surface area (Å²) >= 11 is 0. The Bertz CT molecular complexity index is 676. The Morgan fingerprint density at radius 1 is 1.36 bits per heavy atom. The quantitative estimate of drug-likeness (QED) is 0.847. The number of nitrogens with zero attached hydrogens (tertiary/aromatic N) is 5. The molecule has 0 aliphatic heterocycles. The monoisotopic (exact) mass is 297 g/mol. The third-order valence-corrected chi connectivity index (χ3v) is 4.56. The second kappa shape index (κ2) is 5.19. The summed E-state index contributed by atoms with van der Waals surface area (Å²) in [5, 5.41) is 4.07. The van der Waals surface area contributed by atoms with Crippen LogP contribution in [0.4, 0.5) is 0 Å². The standard InChI is InChI=1S/C16H19N5O/c1-11(12-2-3-12)21(14-4-5-14)16(22)13-6-7-18-15(8-13)20-10-17-9-19-20/h6-12,14H,2-5H2,1H3. The van der Waals surface area contributed by atoms with Gasteiger partial charge in [-0.1, -0.05) is 0 Å². The van der Waals surface area contributed by atoms with Crippen LogP contribution in [0.15, 0.2) is 31.0 Å². The average molecular weight is 297 g/mol. The predicted molar refractivity (Wildman–Crippen MR) is 80.5 cm³/mol. The van der Waals surface area contributed by atoms with E-state index >= 15 is 0 Å². The summed E-state index contributed by atoms with van der Waals surface area (Å²) in [6.07, 6.45) is 9.46. The molecule has 6 heteroatoms. The summed E-state index contributed by atoms with van der Waals surface area (Å²) in [5.41, 5.74) is 0.680. The molecule has 0 radical (unpaired) electrons. The van der Waals surface area contributed by atoms with E-state index in [2.05, 4.69) is 26.9 Å². The number of carbonyl (C=O) groups is 1. The third-order valence-electron chi connectivity index (χ3n) is 4.56. The van der Waals surface area contributed by atoms with E-state index in [1.807, 2.05) is 0 Å². The van der Waals surface area contributed by atoms with E-state index < -0.39 is 0 Å². The Balaban J connectivity index is 1.62. The first-order valence-corrected chi connectivity index (χ1v) is 7.88. The van der Waals surface area contributed by atoms with Crippen LogP contribution in [-0.4, -0.2) is 42.6 Å². The van der Waals surface area contributed by atoms with Gasteiger partial charge in [0.1, 0.15) is 12.7 Å². The van der Waals surface area contributed by atoms with E-state index in [-0.39, 0.29) is 5.91 Å². The van der Waals surface area contributed by atoms with Gasteiger partial charge < -0.3 is 4.90 Å². The SMILES string of the molecule is CC(C1CC1)N(C(=O)c1ccnc(-n2cncn2)c1)C1CC1. The highest BCUT2D eigenvalue weighted by atomic mass is 16.2. The highest BCUT2D eigenvalue weighted by Crippen LogP contribution is 2.40. The Morgan fingerprint density at radius 3 is 2.82 bits per heavy atom. The second-order valence-electron chi connectivity index (χ2n) is 6.26. The zero-order chi connectivity index (χ0) is 15.1. The molecule has 114 valence electrons. The van der Waals surface area contributed by atoms with Crippen LogP contribution in [0, 0.1) is 5.92 Å². The number of aromatic nitrogens is 4. The summed E-state index contributed by atoms with van der Waals surface area (Å²) in [6.45, 7) is 2.19. The smallest absolute Gasteiger partial charge is 0.254 e. The normalized spacial score (nSPS) is 19.0. The summed E-state index contributed by atoms with van der Waals surface area (Å²) in [7, 11) is 0. The van der Waals surface area contributed by atoms with Gasteiger partial charge in [0.2, 0.25) is 0 Å².